The molecule has 0 radical (unpaired) electrons. The number of carbonyl (C=O) groups is 4. The lowest BCUT2D eigenvalue weighted by atomic mass is 9.37. The van der Waals surface area contributed by atoms with Gasteiger partial charge in [-0.05, 0) is 45.6 Å². The number of epoxide rings is 1. The molecule has 1 spiro atoms. The molecule has 8 unspecified atom stereocenters. The Morgan fingerprint density at radius 3 is 2.34 bits per heavy atom. The van der Waals surface area contributed by atoms with Gasteiger partial charge in [-0.25, -0.2) is 4.79 Å². The summed E-state index contributed by atoms with van der Waals surface area (Å²) in [5, 5.41) is 21.8. The molecule has 10 nitrogen and oxygen atoms in total. The fourth-order valence-electron chi connectivity index (χ4n) is 8.90. The first-order valence-corrected chi connectivity index (χ1v) is 13.1. The molecule has 4 aliphatic rings. The number of ketones is 1. The van der Waals surface area contributed by atoms with E-state index < -0.39 is 75.5 Å². The van der Waals surface area contributed by atoms with Gasteiger partial charge >= 0.3 is 17.9 Å². The molecule has 4 fully saturated rings. The Morgan fingerprint density at radius 2 is 1.79 bits per heavy atom. The van der Waals surface area contributed by atoms with Gasteiger partial charge in [-0.15, -0.1) is 0 Å². The van der Waals surface area contributed by atoms with Gasteiger partial charge in [0.25, 0.3) is 0 Å². The van der Waals surface area contributed by atoms with E-state index in [2.05, 4.69) is 0 Å². The lowest BCUT2D eigenvalue weighted by Gasteiger charge is -2.65. The summed E-state index contributed by atoms with van der Waals surface area (Å²) in [6.45, 7) is 10.2. The normalized spacial score (nSPS) is 44.3. The number of furan rings is 1. The lowest BCUT2D eigenvalue weighted by molar-refractivity contribution is -0.227. The van der Waals surface area contributed by atoms with Gasteiger partial charge in [0, 0.05) is 35.7 Å². The highest BCUT2D eigenvalue weighted by molar-refractivity contribution is 5.92. The molecule has 10 heteroatoms. The molecule has 2 saturated heterocycles. The number of Topliss-reactive ketones (excluding diaryl/α,β-unsaturated/α-hetero) is 1. The third-order valence-corrected chi connectivity index (χ3v) is 10.6. The molecule has 9 atom stereocenters. The van der Waals surface area contributed by atoms with Crippen molar-refractivity contribution in [1.29, 1.82) is 0 Å². The number of aliphatic carboxylic acids is 1. The zero-order chi connectivity index (χ0) is 28.1. The third-order valence-electron chi connectivity index (χ3n) is 10.6. The van der Waals surface area contributed by atoms with E-state index in [1.54, 1.807) is 33.8 Å². The van der Waals surface area contributed by atoms with Gasteiger partial charge in [0.05, 0.1) is 30.5 Å². The number of cyclic esters (lactones) is 1. The molecule has 0 aromatic carbocycles. The van der Waals surface area contributed by atoms with Crippen LogP contribution in [0.5, 0.6) is 0 Å². The maximum absolute atomic E-state index is 14.4. The van der Waals surface area contributed by atoms with E-state index in [1.807, 2.05) is 6.92 Å². The Kier molecular flexibility index (Phi) is 5.76. The summed E-state index contributed by atoms with van der Waals surface area (Å²) >= 11 is 0. The number of fused-ring (bicyclic) bond motifs is 4. The van der Waals surface area contributed by atoms with Gasteiger partial charge in [-0.3, -0.25) is 14.4 Å². The number of aliphatic hydroxyl groups excluding tert-OH is 1. The van der Waals surface area contributed by atoms with Gasteiger partial charge < -0.3 is 28.8 Å². The average Bonchev–Trinajstić information content (AvgIpc) is 3.38. The number of ether oxygens (including phenoxy) is 3. The number of aliphatic hydroxyl groups is 1. The van der Waals surface area contributed by atoms with Gasteiger partial charge in [0.15, 0.2) is 6.10 Å². The van der Waals surface area contributed by atoms with Crippen molar-refractivity contribution < 1.29 is 48.0 Å². The van der Waals surface area contributed by atoms with Gasteiger partial charge in [0.2, 0.25) is 0 Å². The number of hydrogen-bond donors (Lipinski definition) is 2. The van der Waals surface area contributed by atoms with Crippen molar-refractivity contribution in [1.82, 2.24) is 0 Å². The molecule has 1 aromatic heterocycles. The van der Waals surface area contributed by atoms with Crippen molar-refractivity contribution in [2.24, 2.45) is 28.1 Å². The standard InChI is InChI=1S/C28H36O10/c1-14(29)36-19-12-20(31)37-24(2,3)17-11-18(30)27(6)16(26(17,19)5)7-9-25(4,21(32)15-8-10-35-13-15)28(27)22(38-28)23(33)34/h8,10,13,16-17,19,21-22,32H,7,9,11-12H2,1-6H3,(H,33,34)/t16?,17?,19?,21?,22?,25-,26?,27?,28?/m1/s1. The second-order valence-electron chi connectivity index (χ2n) is 12.7. The van der Waals surface area contributed by atoms with Crippen LogP contribution < -0.4 is 0 Å². The van der Waals surface area contributed by atoms with Crippen LogP contribution >= 0.6 is 0 Å². The number of carbonyl (C=O) groups excluding carboxylic acids is 3. The summed E-state index contributed by atoms with van der Waals surface area (Å²) in [4.78, 5) is 51.9. The third kappa shape index (κ3) is 3.19. The SMILES string of the molecule is CC(=O)OC1CC(=O)OC(C)(C)C2CC(=O)C3(C)C(CC[C@](C)(C(O)c4ccoc4)C34OC4C(=O)O)C12C. The number of carboxylic acids is 1. The van der Waals surface area contributed by atoms with Crippen LogP contribution in [0, 0.1) is 28.1 Å². The van der Waals surface area contributed by atoms with Crippen molar-refractivity contribution in [2.45, 2.75) is 96.7 Å². The predicted molar refractivity (Wildman–Crippen MR) is 129 cm³/mol. The molecular formula is C28H36O10. The largest absolute Gasteiger partial charge is 0.479 e. The molecule has 2 saturated carbocycles. The maximum atomic E-state index is 14.4. The Morgan fingerprint density at radius 1 is 1.11 bits per heavy atom. The molecule has 1 aromatic rings. The summed E-state index contributed by atoms with van der Waals surface area (Å²) in [6.07, 6.45) is -0.0325. The van der Waals surface area contributed by atoms with Crippen LogP contribution in [-0.2, 0) is 33.4 Å². The van der Waals surface area contributed by atoms with Crippen molar-refractivity contribution in [3.05, 3.63) is 24.2 Å². The second kappa shape index (κ2) is 8.14. The number of hydrogen-bond acceptors (Lipinski definition) is 9. The number of esters is 2. The number of rotatable bonds is 4. The molecule has 38 heavy (non-hydrogen) atoms. The summed E-state index contributed by atoms with van der Waals surface area (Å²) in [7, 11) is 0. The zero-order valence-corrected chi connectivity index (χ0v) is 22.6. The maximum Gasteiger partial charge on any atom is 0.335 e. The second-order valence-corrected chi connectivity index (χ2v) is 12.7. The van der Waals surface area contributed by atoms with Gasteiger partial charge in [0.1, 0.15) is 23.1 Å². The predicted octanol–water partition coefficient (Wildman–Crippen LogP) is 3.21. The molecule has 3 heterocycles. The van der Waals surface area contributed by atoms with Crippen LogP contribution in [0.2, 0.25) is 0 Å². The highest BCUT2D eigenvalue weighted by Gasteiger charge is 2.86. The summed E-state index contributed by atoms with van der Waals surface area (Å²) < 4.78 is 22.9. The quantitative estimate of drug-likeness (QED) is 0.436. The molecule has 208 valence electrons. The monoisotopic (exact) mass is 532 g/mol. The molecule has 5 rings (SSSR count). The first-order chi connectivity index (χ1) is 17.6. The smallest absolute Gasteiger partial charge is 0.335 e. The van der Waals surface area contributed by atoms with E-state index >= 15 is 0 Å². The first-order valence-electron chi connectivity index (χ1n) is 13.1. The van der Waals surface area contributed by atoms with Crippen molar-refractivity contribution in [3.8, 4) is 0 Å². The summed E-state index contributed by atoms with van der Waals surface area (Å²) in [5.74, 6) is -3.55. The minimum absolute atomic E-state index is 0.0309. The van der Waals surface area contributed by atoms with E-state index in [-0.39, 0.29) is 18.6 Å². The van der Waals surface area contributed by atoms with Crippen LogP contribution in [0.3, 0.4) is 0 Å². The van der Waals surface area contributed by atoms with Crippen molar-refractivity contribution in [2.75, 3.05) is 0 Å². The summed E-state index contributed by atoms with van der Waals surface area (Å²) in [6, 6.07) is 1.61. The Bertz CT molecular complexity index is 1190. The van der Waals surface area contributed by atoms with Gasteiger partial charge in [-0.2, -0.15) is 0 Å². The highest BCUT2D eigenvalue weighted by atomic mass is 16.6. The highest BCUT2D eigenvalue weighted by Crippen LogP contribution is 2.77. The molecule has 2 aliphatic carbocycles. The molecule has 2 aliphatic heterocycles. The minimum Gasteiger partial charge on any atom is -0.479 e. The van der Waals surface area contributed by atoms with E-state index in [9.17, 15) is 29.4 Å². The molecular weight excluding hydrogens is 496 g/mol. The average molecular weight is 533 g/mol. The van der Waals surface area contributed by atoms with Crippen LogP contribution in [0.4, 0.5) is 0 Å². The van der Waals surface area contributed by atoms with E-state index in [0.29, 0.717) is 18.4 Å². The fourth-order valence-corrected chi connectivity index (χ4v) is 8.90. The first kappa shape index (κ1) is 26.9. The van der Waals surface area contributed by atoms with Gasteiger partial charge in [-0.1, -0.05) is 13.8 Å². The lowest BCUT2D eigenvalue weighted by Crippen LogP contribution is -2.71. The van der Waals surface area contributed by atoms with Crippen LogP contribution in [-0.4, -0.2) is 57.3 Å². The van der Waals surface area contributed by atoms with E-state index in [4.69, 9.17) is 18.6 Å². The van der Waals surface area contributed by atoms with E-state index in [0.717, 1.165) is 0 Å². The topological polar surface area (TPSA) is 153 Å². The van der Waals surface area contributed by atoms with E-state index in [1.165, 1.54) is 19.5 Å². The van der Waals surface area contributed by atoms with Crippen molar-refractivity contribution in [3.63, 3.8) is 0 Å². The summed E-state index contributed by atoms with van der Waals surface area (Å²) in [5.41, 5.74) is -5.59. The zero-order valence-electron chi connectivity index (χ0n) is 22.6. The Balaban J connectivity index is 1.72. The molecule has 2 N–H and O–H groups in total. The number of carboxylic acid groups (broad SMARTS) is 1. The molecule has 0 amide bonds. The molecule has 0 bridgehead atoms. The van der Waals surface area contributed by atoms with Crippen LogP contribution in [0.1, 0.15) is 78.9 Å². The van der Waals surface area contributed by atoms with Crippen LogP contribution in [0.25, 0.3) is 0 Å². The van der Waals surface area contributed by atoms with Crippen molar-refractivity contribution >= 4 is 23.7 Å². The Labute approximate surface area is 221 Å². The Hall–Kier alpha value is -2.72. The van der Waals surface area contributed by atoms with Crippen LogP contribution in [0.15, 0.2) is 23.0 Å². The fraction of sp³-hybridized carbons (Fsp3) is 0.714. The minimum atomic E-state index is -1.54.